The summed E-state index contributed by atoms with van der Waals surface area (Å²) in [6.45, 7) is 0.942. The highest BCUT2D eigenvalue weighted by molar-refractivity contribution is 5.94. The van der Waals surface area contributed by atoms with Crippen molar-refractivity contribution in [1.82, 2.24) is 25.3 Å². The second kappa shape index (κ2) is 7.87. The van der Waals surface area contributed by atoms with E-state index in [1.54, 1.807) is 13.3 Å². The molecule has 28 heavy (non-hydrogen) atoms. The average molecular weight is 373 g/mol. The van der Waals surface area contributed by atoms with Crippen LogP contribution in [0.15, 0.2) is 66.9 Å². The number of nitrogens with zero attached hydrogens (tertiary/aromatic N) is 4. The summed E-state index contributed by atoms with van der Waals surface area (Å²) in [5.74, 6) is 0.363. The number of ether oxygens (including phenoxy) is 1. The van der Waals surface area contributed by atoms with E-state index in [0.717, 1.165) is 22.2 Å². The number of pyridine rings is 1. The monoisotopic (exact) mass is 373 g/mol. The largest absolute Gasteiger partial charge is 0.481 e. The molecule has 0 bridgehead atoms. The van der Waals surface area contributed by atoms with Gasteiger partial charge in [0.2, 0.25) is 5.88 Å². The van der Waals surface area contributed by atoms with Crippen LogP contribution in [0.5, 0.6) is 5.88 Å². The van der Waals surface area contributed by atoms with E-state index < -0.39 is 0 Å². The van der Waals surface area contributed by atoms with Crippen molar-refractivity contribution in [2.24, 2.45) is 0 Å². The standard InChI is InChI=1S/C21H19N5O2/c1-28-21-17(5-4-12-22-21)13-23-20(27)16-10-8-15(9-11-16)14-26-19-7-3-2-6-18(19)24-25-26/h2-12H,13-14H2,1H3,(H,23,27). The molecule has 4 rings (SSSR count). The Morgan fingerprint density at radius 1 is 1.07 bits per heavy atom. The summed E-state index contributed by atoms with van der Waals surface area (Å²) in [7, 11) is 1.56. The number of hydrogen-bond acceptors (Lipinski definition) is 5. The third-order valence-corrected chi connectivity index (χ3v) is 4.45. The topological polar surface area (TPSA) is 81.9 Å². The minimum absolute atomic E-state index is 0.149. The summed E-state index contributed by atoms with van der Waals surface area (Å²) in [6.07, 6.45) is 1.65. The number of para-hydroxylation sites is 1. The Hall–Kier alpha value is -3.74. The quantitative estimate of drug-likeness (QED) is 0.562. The minimum atomic E-state index is -0.149. The molecule has 0 spiro atoms. The summed E-state index contributed by atoms with van der Waals surface area (Å²) < 4.78 is 7.05. The molecule has 0 saturated carbocycles. The summed E-state index contributed by atoms with van der Waals surface area (Å²) in [4.78, 5) is 16.6. The van der Waals surface area contributed by atoms with Crippen molar-refractivity contribution in [2.45, 2.75) is 13.1 Å². The van der Waals surface area contributed by atoms with Crippen LogP contribution >= 0.6 is 0 Å². The third-order valence-electron chi connectivity index (χ3n) is 4.45. The highest BCUT2D eigenvalue weighted by Gasteiger charge is 2.09. The van der Waals surface area contributed by atoms with Gasteiger partial charge in [-0.15, -0.1) is 5.10 Å². The zero-order valence-electron chi connectivity index (χ0n) is 15.4. The number of hydrogen-bond donors (Lipinski definition) is 1. The molecule has 2 aromatic carbocycles. The van der Waals surface area contributed by atoms with Gasteiger partial charge in [0.05, 0.1) is 19.2 Å². The minimum Gasteiger partial charge on any atom is -0.481 e. The average Bonchev–Trinajstić information content (AvgIpc) is 3.15. The normalized spacial score (nSPS) is 10.8. The first-order chi connectivity index (χ1) is 13.7. The van der Waals surface area contributed by atoms with Gasteiger partial charge in [0.1, 0.15) is 5.52 Å². The molecule has 7 nitrogen and oxygen atoms in total. The van der Waals surface area contributed by atoms with Crippen LogP contribution in [0.3, 0.4) is 0 Å². The van der Waals surface area contributed by atoms with Gasteiger partial charge in [0.15, 0.2) is 0 Å². The molecule has 7 heteroatoms. The van der Waals surface area contributed by atoms with Crippen molar-refractivity contribution in [3.8, 4) is 5.88 Å². The van der Waals surface area contributed by atoms with Crippen molar-refractivity contribution in [3.63, 3.8) is 0 Å². The molecule has 2 aromatic heterocycles. The van der Waals surface area contributed by atoms with Gasteiger partial charge in [0, 0.05) is 23.9 Å². The van der Waals surface area contributed by atoms with Crippen LogP contribution in [-0.2, 0) is 13.1 Å². The van der Waals surface area contributed by atoms with Gasteiger partial charge < -0.3 is 10.1 Å². The Morgan fingerprint density at radius 3 is 2.71 bits per heavy atom. The third kappa shape index (κ3) is 3.68. The molecule has 0 radical (unpaired) electrons. The number of benzene rings is 2. The molecule has 0 aliphatic carbocycles. The lowest BCUT2D eigenvalue weighted by molar-refractivity contribution is 0.0950. The van der Waals surface area contributed by atoms with Gasteiger partial charge in [0.25, 0.3) is 5.91 Å². The number of aromatic nitrogens is 4. The fourth-order valence-electron chi connectivity index (χ4n) is 2.99. The number of nitrogens with one attached hydrogen (secondary N) is 1. The molecule has 0 unspecified atom stereocenters. The molecular weight excluding hydrogens is 354 g/mol. The van der Waals surface area contributed by atoms with Crippen molar-refractivity contribution in [2.75, 3.05) is 7.11 Å². The maximum atomic E-state index is 12.4. The first kappa shape index (κ1) is 17.7. The molecule has 1 amide bonds. The van der Waals surface area contributed by atoms with Gasteiger partial charge in [-0.1, -0.05) is 35.5 Å². The van der Waals surface area contributed by atoms with Crippen molar-refractivity contribution >= 4 is 16.9 Å². The summed E-state index contributed by atoms with van der Waals surface area (Å²) in [5, 5.41) is 11.3. The van der Waals surface area contributed by atoms with E-state index in [9.17, 15) is 4.79 Å². The fourth-order valence-corrected chi connectivity index (χ4v) is 2.99. The number of amides is 1. The Balaban J connectivity index is 1.42. The van der Waals surface area contributed by atoms with Gasteiger partial charge >= 0.3 is 0 Å². The van der Waals surface area contributed by atoms with E-state index in [2.05, 4.69) is 20.6 Å². The van der Waals surface area contributed by atoms with E-state index in [-0.39, 0.29) is 5.91 Å². The molecule has 4 aromatic rings. The second-order valence-corrected chi connectivity index (χ2v) is 6.29. The van der Waals surface area contributed by atoms with Crippen molar-refractivity contribution < 1.29 is 9.53 Å². The van der Waals surface area contributed by atoms with Crippen LogP contribution in [0.25, 0.3) is 11.0 Å². The Kier molecular flexibility index (Phi) is 4.97. The molecule has 0 aliphatic heterocycles. The smallest absolute Gasteiger partial charge is 0.251 e. The van der Waals surface area contributed by atoms with E-state index >= 15 is 0 Å². The van der Waals surface area contributed by atoms with E-state index in [1.165, 1.54) is 0 Å². The highest BCUT2D eigenvalue weighted by atomic mass is 16.5. The SMILES string of the molecule is COc1ncccc1CNC(=O)c1ccc(Cn2nnc3ccccc32)cc1. The molecule has 0 aliphatic rings. The molecule has 1 N–H and O–H groups in total. The van der Waals surface area contributed by atoms with E-state index in [1.807, 2.05) is 65.3 Å². The van der Waals surface area contributed by atoms with Crippen molar-refractivity contribution in [3.05, 3.63) is 83.6 Å². The van der Waals surface area contributed by atoms with E-state index in [4.69, 9.17) is 4.74 Å². The maximum absolute atomic E-state index is 12.4. The number of rotatable bonds is 6. The summed E-state index contributed by atoms with van der Waals surface area (Å²) in [6, 6.07) is 19.0. The molecular formula is C21H19N5O2. The van der Waals surface area contributed by atoms with Gasteiger partial charge in [-0.05, 0) is 35.9 Å². The lowest BCUT2D eigenvalue weighted by Crippen LogP contribution is -2.23. The van der Waals surface area contributed by atoms with Crippen LogP contribution in [0.4, 0.5) is 0 Å². The van der Waals surface area contributed by atoms with E-state index in [0.29, 0.717) is 24.5 Å². The van der Waals surface area contributed by atoms with Crippen LogP contribution in [0.2, 0.25) is 0 Å². The van der Waals surface area contributed by atoms with Crippen LogP contribution in [0.1, 0.15) is 21.5 Å². The molecule has 0 saturated heterocycles. The Labute approximate surface area is 162 Å². The number of carbonyl (C=O) groups is 1. The fraction of sp³-hybridized carbons (Fsp3) is 0.143. The van der Waals surface area contributed by atoms with Crippen LogP contribution in [-0.4, -0.2) is 33.0 Å². The van der Waals surface area contributed by atoms with Crippen molar-refractivity contribution in [1.29, 1.82) is 0 Å². The summed E-state index contributed by atoms with van der Waals surface area (Å²) >= 11 is 0. The Bertz CT molecular complexity index is 1110. The Morgan fingerprint density at radius 2 is 1.89 bits per heavy atom. The zero-order chi connectivity index (χ0) is 19.3. The molecule has 0 fully saturated rings. The van der Waals surface area contributed by atoms with Crippen LogP contribution < -0.4 is 10.1 Å². The zero-order valence-corrected chi connectivity index (χ0v) is 15.4. The van der Waals surface area contributed by atoms with Gasteiger partial charge in [-0.25, -0.2) is 9.67 Å². The lowest BCUT2D eigenvalue weighted by atomic mass is 10.1. The van der Waals surface area contributed by atoms with Gasteiger partial charge in [-0.3, -0.25) is 4.79 Å². The number of fused-ring (bicyclic) bond motifs is 1. The highest BCUT2D eigenvalue weighted by Crippen LogP contribution is 2.15. The lowest BCUT2D eigenvalue weighted by Gasteiger charge is -2.09. The molecule has 2 heterocycles. The summed E-state index contributed by atoms with van der Waals surface area (Å²) in [5.41, 5.74) is 4.31. The van der Waals surface area contributed by atoms with Crippen LogP contribution in [0, 0.1) is 0 Å². The first-order valence-corrected chi connectivity index (χ1v) is 8.88. The van der Waals surface area contributed by atoms with Gasteiger partial charge in [-0.2, -0.15) is 0 Å². The predicted octanol–water partition coefficient (Wildman–Crippen LogP) is 2.81. The maximum Gasteiger partial charge on any atom is 0.251 e. The molecule has 140 valence electrons. The second-order valence-electron chi connectivity index (χ2n) is 6.29. The predicted molar refractivity (Wildman–Crippen MR) is 105 cm³/mol. The first-order valence-electron chi connectivity index (χ1n) is 8.88. The number of methoxy groups -OCH3 is 1. The molecule has 0 atom stereocenters. The number of carbonyl (C=O) groups excluding carboxylic acids is 1.